The van der Waals surface area contributed by atoms with Crippen molar-refractivity contribution in [1.29, 1.82) is 0 Å². The highest BCUT2D eigenvalue weighted by Crippen LogP contribution is 2.18. The number of carbonyl (C=O) groups excluding carboxylic acids is 4. The van der Waals surface area contributed by atoms with Crippen LogP contribution >= 0.6 is 0 Å². The number of aromatic nitrogens is 2. The fourth-order valence-corrected chi connectivity index (χ4v) is 5.97. The molecule has 0 bridgehead atoms. The van der Waals surface area contributed by atoms with E-state index in [-0.39, 0.29) is 23.7 Å². The molecule has 52 heavy (non-hydrogen) atoms. The van der Waals surface area contributed by atoms with Crippen molar-refractivity contribution in [3.63, 3.8) is 0 Å². The van der Waals surface area contributed by atoms with Crippen molar-refractivity contribution in [2.24, 2.45) is 11.8 Å². The lowest BCUT2D eigenvalue weighted by Gasteiger charge is -2.17. The minimum Gasteiger partial charge on any atom is -0.550 e. The topological polar surface area (TPSA) is 146 Å². The molecule has 2 rings (SSSR count). The van der Waals surface area contributed by atoms with Crippen LogP contribution in [0.5, 0.6) is 0 Å². The molecule has 2 unspecified atom stereocenters. The lowest BCUT2D eigenvalue weighted by atomic mass is 9.94. The molecule has 0 aromatic carbocycles. The quantitative estimate of drug-likeness (QED) is 0.0979. The monoisotopic (exact) mass is 727 g/mol. The predicted octanol–water partition coefficient (Wildman–Crippen LogP) is 5.00. The summed E-state index contributed by atoms with van der Waals surface area (Å²) in [6.45, 7) is 9.84. The highest BCUT2D eigenvalue weighted by Gasteiger charge is 2.19. The van der Waals surface area contributed by atoms with E-state index >= 15 is 0 Å². The molecular weight excluding hydrogens is 656 g/mol. The van der Waals surface area contributed by atoms with E-state index in [4.69, 9.17) is 19.8 Å². The Morgan fingerprint density at radius 3 is 1.12 bits per heavy atom. The second kappa shape index (κ2) is 34.3. The number of amides is 2. The van der Waals surface area contributed by atoms with E-state index < -0.39 is 11.9 Å². The van der Waals surface area contributed by atoms with Crippen LogP contribution in [0.2, 0.25) is 0 Å². The van der Waals surface area contributed by atoms with E-state index in [0.29, 0.717) is 0 Å². The first-order valence-corrected chi connectivity index (χ1v) is 19.9. The highest BCUT2D eigenvalue weighted by molar-refractivity contribution is 5.78. The van der Waals surface area contributed by atoms with Crippen LogP contribution in [0.4, 0.5) is 0 Å². The van der Waals surface area contributed by atoms with Gasteiger partial charge in [0.15, 0.2) is 24.8 Å². The van der Waals surface area contributed by atoms with Crippen molar-refractivity contribution in [2.45, 2.75) is 156 Å². The fraction of sp³-hybridized carbons (Fsp3) is 0.667. The lowest BCUT2D eigenvalue weighted by Crippen LogP contribution is -2.35. The maximum Gasteiger partial charge on any atom is 0.223 e. The molecule has 0 aliphatic carbocycles. The van der Waals surface area contributed by atoms with Crippen LogP contribution in [0.25, 0.3) is 0 Å². The van der Waals surface area contributed by atoms with Gasteiger partial charge in [-0.3, -0.25) is 9.59 Å². The van der Waals surface area contributed by atoms with Gasteiger partial charge in [0.1, 0.15) is 13.1 Å². The Morgan fingerprint density at radius 2 is 0.788 bits per heavy atom. The summed E-state index contributed by atoms with van der Waals surface area (Å²) < 4.78 is 4.40. The zero-order valence-corrected chi connectivity index (χ0v) is 32.8. The van der Waals surface area contributed by atoms with Gasteiger partial charge in [-0.1, -0.05) is 90.2 Å². The van der Waals surface area contributed by atoms with Crippen LogP contribution in [0.15, 0.2) is 61.2 Å². The van der Waals surface area contributed by atoms with Crippen molar-refractivity contribution < 1.29 is 38.5 Å². The second-order valence-corrected chi connectivity index (χ2v) is 13.6. The molecule has 2 aromatic rings. The molecule has 0 aliphatic heterocycles. The summed E-state index contributed by atoms with van der Waals surface area (Å²) in [5.74, 6) is -1.45. The maximum absolute atomic E-state index is 13.0. The number of aliphatic carboxylic acids is 2. The van der Waals surface area contributed by atoms with Crippen molar-refractivity contribution in [2.75, 3.05) is 13.1 Å². The summed E-state index contributed by atoms with van der Waals surface area (Å²) in [7, 11) is 0. The van der Waals surface area contributed by atoms with Crippen LogP contribution in [0.1, 0.15) is 143 Å². The molecule has 0 fully saturated rings. The van der Waals surface area contributed by atoms with E-state index in [1.807, 2.05) is 12.1 Å². The molecule has 2 N–H and O–H groups in total. The number of hydrogen-bond acceptors (Lipinski definition) is 6. The number of unbranched alkanes of at least 4 members (excludes halogenated alkanes) is 9. The standard InChI is InChI=1S/C38H62N4O2.2C2H4O2/c1-3-5-7-13-23-35(25-21-33-41-29-17-11-18-30-41)37(43)39-27-15-9-10-16-28-40-38(44)36(24-14-8-6-4-2)26-22-34-42-31-19-12-20-32-42;2*1-2(3)4/h11-12,17-20,29-32,35-36H,3-10,13-16,21-28,33-34H2,1-2H3;2*1H3,(H,3,4). The number of carboxylic acids is 2. The second-order valence-electron chi connectivity index (χ2n) is 13.6. The van der Waals surface area contributed by atoms with Gasteiger partial charge in [-0.15, -0.1) is 0 Å². The van der Waals surface area contributed by atoms with Crippen molar-refractivity contribution in [3.8, 4) is 0 Å². The van der Waals surface area contributed by atoms with Crippen LogP contribution in [-0.4, -0.2) is 36.8 Å². The Kier molecular flexibility index (Phi) is 31.8. The van der Waals surface area contributed by atoms with E-state index in [1.165, 1.54) is 38.5 Å². The lowest BCUT2D eigenvalue weighted by molar-refractivity contribution is -0.697. The average Bonchev–Trinajstić information content (AvgIpc) is 3.11. The fourth-order valence-electron chi connectivity index (χ4n) is 5.97. The number of nitrogens with one attached hydrogen (secondary N) is 2. The van der Waals surface area contributed by atoms with Gasteiger partial charge in [0.25, 0.3) is 0 Å². The summed E-state index contributed by atoms with van der Waals surface area (Å²) in [6.07, 6.45) is 28.2. The Labute approximate surface area is 314 Å². The van der Waals surface area contributed by atoms with Gasteiger partial charge in [0.05, 0.1) is 0 Å². The molecule has 2 atom stereocenters. The van der Waals surface area contributed by atoms with Gasteiger partial charge >= 0.3 is 0 Å². The smallest absolute Gasteiger partial charge is 0.223 e. The van der Waals surface area contributed by atoms with Crippen LogP contribution in [0.3, 0.4) is 0 Å². The zero-order chi connectivity index (χ0) is 38.7. The molecule has 2 aromatic heterocycles. The molecule has 10 heteroatoms. The van der Waals surface area contributed by atoms with Gasteiger partial charge < -0.3 is 30.4 Å². The molecule has 0 spiro atoms. The molecule has 2 amide bonds. The van der Waals surface area contributed by atoms with E-state index in [0.717, 1.165) is 117 Å². The third-order valence-corrected chi connectivity index (χ3v) is 8.75. The number of aryl methyl sites for hydroxylation is 2. The molecule has 294 valence electrons. The Balaban J connectivity index is 0.00000293. The SMILES string of the molecule is CC(=O)[O-].CC(=O)[O-].CCCCCCC(CCC[n+]1ccccc1)C(=O)NCCCCCCNC(=O)C(CCCCCC)CCC[n+]1ccccc1. The maximum atomic E-state index is 13.0. The molecular formula is C42H70N4O6. The van der Waals surface area contributed by atoms with E-state index in [9.17, 15) is 9.59 Å². The number of rotatable bonds is 27. The van der Waals surface area contributed by atoms with E-state index in [1.54, 1.807) is 0 Å². The van der Waals surface area contributed by atoms with Crippen LogP contribution in [0, 0.1) is 11.8 Å². The van der Waals surface area contributed by atoms with Crippen molar-refractivity contribution in [3.05, 3.63) is 61.2 Å². The number of hydrogen-bond donors (Lipinski definition) is 2. The minimum absolute atomic E-state index is 0.118. The van der Waals surface area contributed by atoms with Crippen molar-refractivity contribution in [1.82, 2.24) is 10.6 Å². The summed E-state index contributed by atoms with van der Waals surface area (Å²) >= 11 is 0. The third kappa shape index (κ3) is 31.0. The number of pyridine rings is 2. The largest absolute Gasteiger partial charge is 0.550 e. The van der Waals surface area contributed by atoms with Crippen LogP contribution in [-0.2, 0) is 32.3 Å². The first kappa shape index (κ1) is 48.2. The normalized spacial score (nSPS) is 11.5. The van der Waals surface area contributed by atoms with Gasteiger partial charge in [-0.05, 0) is 52.4 Å². The van der Waals surface area contributed by atoms with Gasteiger partial charge in [-0.25, -0.2) is 9.13 Å². The molecule has 0 aliphatic rings. The summed E-state index contributed by atoms with van der Waals surface area (Å²) in [5, 5.41) is 24.3. The number of carbonyl (C=O) groups is 4. The van der Waals surface area contributed by atoms with Crippen LogP contribution < -0.4 is 30.0 Å². The predicted molar refractivity (Wildman–Crippen MR) is 202 cm³/mol. The molecule has 0 saturated carbocycles. The Bertz CT molecular complexity index is 1070. The summed E-state index contributed by atoms with van der Waals surface area (Å²) in [5.41, 5.74) is 0. The Hall–Kier alpha value is -3.82. The number of carboxylic acid groups (broad SMARTS) is 2. The molecule has 2 heterocycles. The zero-order valence-electron chi connectivity index (χ0n) is 32.8. The molecule has 0 saturated heterocycles. The first-order chi connectivity index (χ1) is 25.1. The number of nitrogens with zero attached hydrogens (tertiary/aromatic N) is 2. The molecule has 0 radical (unpaired) electrons. The van der Waals surface area contributed by atoms with Crippen molar-refractivity contribution >= 4 is 23.8 Å². The Morgan fingerprint density at radius 1 is 0.481 bits per heavy atom. The van der Waals surface area contributed by atoms with Gasteiger partial charge in [-0.2, -0.15) is 0 Å². The van der Waals surface area contributed by atoms with Gasteiger partial charge in [0.2, 0.25) is 11.8 Å². The van der Waals surface area contributed by atoms with Gasteiger partial charge in [0, 0.05) is 74.0 Å². The summed E-state index contributed by atoms with van der Waals surface area (Å²) in [6, 6.07) is 12.3. The highest BCUT2D eigenvalue weighted by atomic mass is 16.4. The first-order valence-electron chi connectivity index (χ1n) is 19.9. The summed E-state index contributed by atoms with van der Waals surface area (Å²) in [4.78, 5) is 43.8. The molecule has 10 nitrogen and oxygen atoms in total. The third-order valence-electron chi connectivity index (χ3n) is 8.75. The van der Waals surface area contributed by atoms with E-state index in [2.05, 4.69) is 82.7 Å². The minimum atomic E-state index is -1.08. The average molecular weight is 727 g/mol.